The van der Waals surface area contributed by atoms with E-state index in [0.717, 1.165) is 21.2 Å². The van der Waals surface area contributed by atoms with Gasteiger partial charge in [0.2, 0.25) is 11.8 Å². The summed E-state index contributed by atoms with van der Waals surface area (Å²) >= 11 is 3.28. The Labute approximate surface area is 168 Å². The van der Waals surface area contributed by atoms with Gasteiger partial charge >= 0.3 is 0 Å². The maximum atomic E-state index is 14.6. The van der Waals surface area contributed by atoms with Crippen LogP contribution in [0.15, 0.2) is 47.6 Å². The number of ether oxygens (including phenoxy) is 1. The number of pyridine rings is 2. The van der Waals surface area contributed by atoms with Crippen molar-refractivity contribution in [2.24, 2.45) is 0 Å². The quantitative estimate of drug-likeness (QED) is 0.430. The summed E-state index contributed by atoms with van der Waals surface area (Å²) in [5.74, 6) is 0.347. The highest BCUT2D eigenvalue weighted by atomic mass is 79.9. The Hall–Kier alpha value is -3.07. The number of hydrogen-bond acceptors (Lipinski definition) is 6. The van der Waals surface area contributed by atoms with E-state index < -0.39 is 5.95 Å². The highest BCUT2D eigenvalue weighted by Crippen LogP contribution is 2.28. The minimum atomic E-state index is -0.542. The van der Waals surface area contributed by atoms with Crippen molar-refractivity contribution in [3.05, 3.63) is 64.7 Å². The maximum absolute atomic E-state index is 14.6. The van der Waals surface area contributed by atoms with Gasteiger partial charge < -0.3 is 15.0 Å². The topological polar surface area (TPSA) is 88.6 Å². The lowest BCUT2D eigenvalue weighted by atomic mass is 10.1. The third-order valence-corrected chi connectivity index (χ3v) is 4.57. The summed E-state index contributed by atoms with van der Waals surface area (Å²) in [5, 5.41) is 3.79. The number of rotatable bonds is 6. The number of aromatic amines is 1. The molecule has 4 aromatic heterocycles. The molecule has 0 bridgehead atoms. The van der Waals surface area contributed by atoms with Gasteiger partial charge in [-0.15, -0.1) is 0 Å². The van der Waals surface area contributed by atoms with Crippen LogP contribution in [-0.4, -0.2) is 31.5 Å². The lowest BCUT2D eigenvalue weighted by molar-refractivity contribution is 0.330. The van der Waals surface area contributed by atoms with E-state index in [2.05, 4.69) is 46.2 Å². The lowest BCUT2D eigenvalue weighted by Gasteiger charge is -2.08. The van der Waals surface area contributed by atoms with E-state index in [1.807, 2.05) is 13.0 Å². The molecule has 0 fully saturated rings. The van der Waals surface area contributed by atoms with Crippen LogP contribution in [0.3, 0.4) is 0 Å². The number of hydrogen-bond donors (Lipinski definition) is 2. The molecule has 0 aliphatic heterocycles. The molecule has 4 aromatic rings. The fourth-order valence-corrected chi connectivity index (χ4v) is 3.08. The summed E-state index contributed by atoms with van der Waals surface area (Å²) in [7, 11) is 0. The van der Waals surface area contributed by atoms with Crippen molar-refractivity contribution in [1.29, 1.82) is 0 Å². The molecule has 28 heavy (non-hydrogen) atoms. The molecule has 0 amide bonds. The maximum Gasteiger partial charge on any atom is 0.226 e. The molecule has 0 saturated carbocycles. The van der Waals surface area contributed by atoms with Gasteiger partial charge in [-0.05, 0) is 46.6 Å². The van der Waals surface area contributed by atoms with Gasteiger partial charge in [0.25, 0.3) is 0 Å². The molecule has 0 aliphatic carbocycles. The van der Waals surface area contributed by atoms with Crippen LogP contribution in [0.1, 0.15) is 18.1 Å². The number of anilines is 2. The highest BCUT2D eigenvalue weighted by Gasteiger charge is 2.15. The summed E-state index contributed by atoms with van der Waals surface area (Å²) in [6.07, 6.45) is 5.21. The summed E-state index contributed by atoms with van der Waals surface area (Å²) < 4.78 is 20.9. The normalized spacial score (nSPS) is 11.0. The van der Waals surface area contributed by atoms with Crippen LogP contribution in [-0.2, 0) is 6.42 Å². The third kappa shape index (κ3) is 3.79. The number of nitrogens with one attached hydrogen (secondary N) is 2. The first kappa shape index (κ1) is 18.3. The van der Waals surface area contributed by atoms with E-state index in [-0.39, 0.29) is 0 Å². The van der Waals surface area contributed by atoms with Gasteiger partial charge in [0.15, 0.2) is 0 Å². The van der Waals surface area contributed by atoms with Gasteiger partial charge in [-0.2, -0.15) is 4.39 Å². The lowest BCUT2D eigenvalue weighted by Crippen LogP contribution is -2.01. The van der Waals surface area contributed by atoms with Crippen LogP contribution < -0.4 is 10.1 Å². The van der Waals surface area contributed by atoms with Gasteiger partial charge in [-0.3, -0.25) is 0 Å². The molecule has 0 unspecified atom stereocenters. The molecule has 9 heteroatoms. The Bertz CT molecular complexity index is 1120. The molecule has 0 spiro atoms. The zero-order valence-corrected chi connectivity index (χ0v) is 16.5. The largest absolute Gasteiger partial charge is 0.477 e. The average molecular weight is 443 g/mol. The summed E-state index contributed by atoms with van der Waals surface area (Å²) in [6, 6.07) is 7.06. The van der Waals surface area contributed by atoms with Crippen LogP contribution in [0.4, 0.5) is 15.9 Å². The van der Waals surface area contributed by atoms with Crippen LogP contribution in [0, 0.1) is 5.95 Å². The molecule has 7 nitrogen and oxygen atoms in total. The van der Waals surface area contributed by atoms with E-state index in [9.17, 15) is 4.39 Å². The standard InChI is InChI=1S/C19H16BrFN6O/c1-2-28-19-16-12(8-23-18(16)24-10-25-19)7-11-3-6-15(27-17(11)21)26-13-4-5-14(20)22-9-13/h3-6,8-10H,2,7H2,1H3,(H,26,27)(H,23,24,25). The number of H-pyrrole nitrogens is 1. The summed E-state index contributed by atoms with van der Waals surface area (Å²) in [5.41, 5.74) is 2.69. The molecule has 0 saturated heterocycles. The first-order valence-corrected chi connectivity index (χ1v) is 9.41. The fraction of sp³-hybridized carbons (Fsp3) is 0.158. The smallest absolute Gasteiger partial charge is 0.226 e. The second-order valence-corrected chi connectivity index (χ2v) is 6.78. The molecule has 0 aliphatic rings. The zero-order chi connectivity index (χ0) is 19.5. The first-order valence-electron chi connectivity index (χ1n) is 8.62. The average Bonchev–Trinajstić information content (AvgIpc) is 3.10. The predicted octanol–water partition coefficient (Wildman–Crippen LogP) is 4.38. The van der Waals surface area contributed by atoms with Gasteiger partial charge in [-0.1, -0.05) is 6.07 Å². The highest BCUT2D eigenvalue weighted by molar-refractivity contribution is 9.10. The SMILES string of the molecule is CCOc1ncnc2[nH]cc(Cc3ccc(Nc4ccc(Br)nc4)nc3F)c12. The molecule has 142 valence electrons. The van der Waals surface area contributed by atoms with E-state index in [1.54, 1.807) is 30.6 Å². The van der Waals surface area contributed by atoms with Crippen molar-refractivity contribution < 1.29 is 9.13 Å². The van der Waals surface area contributed by atoms with Gasteiger partial charge in [0.1, 0.15) is 22.4 Å². The second kappa shape index (κ2) is 7.89. The van der Waals surface area contributed by atoms with Crippen molar-refractivity contribution in [2.45, 2.75) is 13.3 Å². The van der Waals surface area contributed by atoms with Crippen LogP contribution in [0.25, 0.3) is 11.0 Å². The van der Waals surface area contributed by atoms with Crippen LogP contribution in [0.2, 0.25) is 0 Å². The minimum Gasteiger partial charge on any atom is -0.477 e. The first-order chi connectivity index (χ1) is 13.6. The van der Waals surface area contributed by atoms with Crippen molar-refractivity contribution in [3.63, 3.8) is 0 Å². The summed E-state index contributed by atoms with van der Waals surface area (Å²) in [6.45, 7) is 2.37. The Morgan fingerprint density at radius 2 is 2.04 bits per heavy atom. The number of halogens is 2. The van der Waals surface area contributed by atoms with E-state index in [1.165, 1.54) is 6.33 Å². The molecular weight excluding hydrogens is 427 g/mol. The Morgan fingerprint density at radius 3 is 2.79 bits per heavy atom. The van der Waals surface area contributed by atoms with Crippen molar-refractivity contribution in [2.75, 3.05) is 11.9 Å². The van der Waals surface area contributed by atoms with E-state index >= 15 is 0 Å². The predicted molar refractivity (Wildman–Crippen MR) is 107 cm³/mol. The number of fused-ring (bicyclic) bond motifs is 1. The summed E-state index contributed by atoms with van der Waals surface area (Å²) in [4.78, 5) is 19.6. The fourth-order valence-electron chi connectivity index (χ4n) is 2.85. The second-order valence-electron chi connectivity index (χ2n) is 5.97. The van der Waals surface area contributed by atoms with Crippen molar-refractivity contribution in [1.82, 2.24) is 24.9 Å². The van der Waals surface area contributed by atoms with Crippen molar-refractivity contribution >= 4 is 38.5 Å². The zero-order valence-electron chi connectivity index (χ0n) is 14.9. The van der Waals surface area contributed by atoms with Crippen LogP contribution in [0.5, 0.6) is 5.88 Å². The minimum absolute atomic E-state index is 0.340. The van der Waals surface area contributed by atoms with Gasteiger partial charge in [-0.25, -0.2) is 19.9 Å². The molecule has 0 radical (unpaired) electrons. The number of nitrogens with zero attached hydrogens (tertiary/aromatic N) is 4. The molecule has 0 atom stereocenters. The van der Waals surface area contributed by atoms with E-state index in [4.69, 9.17) is 4.74 Å². The van der Waals surface area contributed by atoms with E-state index in [0.29, 0.717) is 35.9 Å². The monoisotopic (exact) mass is 442 g/mol. The van der Waals surface area contributed by atoms with Gasteiger partial charge in [0, 0.05) is 18.2 Å². The van der Waals surface area contributed by atoms with Crippen LogP contribution >= 0.6 is 15.9 Å². The number of aromatic nitrogens is 5. The Balaban J connectivity index is 1.59. The molecule has 4 heterocycles. The van der Waals surface area contributed by atoms with Crippen molar-refractivity contribution in [3.8, 4) is 5.88 Å². The molecular formula is C19H16BrFN6O. The Morgan fingerprint density at radius 1 is 1.14 bits per heavy atom. The third-order valence-electron chi connectivity index (χ3n) is 4.10. The Kier molecular flexibility index (Phi) is 5.16. The molecule has 0 aromatic carbocycles. The van der Waals surface area contributed by atoms with Gasteiger partial charge in [0.05, 0.1) is 23.9 Å². The molecule has 4 rings (SSSR count). The molecule has 2 N–H and O–H groups in total.